The van der Waals surface area contributed by atoms with Crippen molar-refractivity contribution in [1.82, 2.24) is 24.6 Å². The molecule has 0 aliphatic carbocycles. The highest BCUT2D eigenvalue weighted by Gasteiger charge is 2.23. The predicted octanol–water partition coefficient (Wildman–Crippen LogP) is 5.05. The van der Waals surface area contributed by atoms with Crippen molar-refractivity contribution in [1.29, 1.82) is 0 Å². The molecule has 1 aliphatic rings. The van der Waals surface area contributed by atoms with Gasteiger partial charge in [-0.1, -0.05) is 60.8 Å². The average Bonchev–Trinajstić information content (AvgIpc) is 3.25. The highest BCUT2D eigenvalue weighted by Crippen LogP contribution is 2.34. The van der Waals surface area contributed by atoms with Crippen LogP contribution in [0.4, 0.5) is 5.69 Å². The number of H-pyrrole nitrogens is 1. The molecule has 2 aromatic heterocycles. The molecular formula is C27H27Cl3N6O3. The maximum atomic E-state index is 13.2. The number of nitrogens with zero attached hydrogens (tertiary/aromatic N) is 4. The molecule has 39 heavy (non-hydrogen) atoms. The normalized spacial score (nSPS) is 14.3. The summed E-state index contributed by atoms with van der Waals surface area (Å²) in [7, 11) is 0. The summed E-state index contributed by atoms with van der Waals surface area (Å²) in [4.78, 5) is 35.4. The number of aromatic amines is 1. The van der Waals surface area contributed by atoms with Gasteiger partial charge in [0.1, 0.15) is 16.9 Å². The van der Waals surface area contributed by atoms with E-state index in [-0.39, 0.29) is 17.4 Å². The fraction of sp³-hybridized carbons (Fsp3) is 0.333. The highest BCUT2D eigenvalue weighted by atomic mass is 35.5. The molecule has 0 saturated carbocycles. The van der Waals surface area contributed by atoms with E-state index in [9.17, 15) is 9.59 Å². The Morgan fingerprint density at radius 2 is 1.77 bits per heavy atom. The lowest BCUT2D eigenvalue weighted by atomic mass is 10.1. The molecule has 0 unspecified atom stereocenters. The molecule has 0 atom stereocenters. The van der Waals surface area contributed by atoms with Crippen LogP contribution in [-0.4, -0.2) is 63.4 Å². The summed E-state index contributed by atoms with van der Waals surface area (Å²) in [5.41, 5.74) is 2.65. The van der Waals surface area contributed by atoms with E-state index in [2.05, 4.69) is 20.3 Å². The van der Waals surface area contributed by atoms with E-state index in [4.69, 9.17) is 44.5 Å². The third-order valence-corrected chi connectivity index (χ3v) is 7.23. The second kappa shape index (κ2) is 11.7. The SMILES string of the molecule is CC(C)c1nn(-c2c(Cl)cc(Cl)cc2Cl)c2nc(Cc3ccc(NC(=O)CN4CCOCC4)cc3)[nH]c(=O)c12. The number of halogens is 3. The molecule has 204 valence electrons. The van der Waals surface area contributed by atoms with Gasteiger partial charge < -0.3 is 15.0 Å². The van der Waals surface area contributed by atoms with Crippen LogP contribution >= 0.6 is 34.8 Å². The number of nitrogens with one attached hydrogen (secondary N) is 2. The zero-order valence-electron chi connectivity index (χ0n) is 21.4. The number of amides is 1. The Morgan fingerprint density at radius 3 is 2.41 bits per heavy atom. The number of benzene rings is 2. The first-order valence-corrected chi connectivity index (χ1v) is 13.7. The van der Waals surface area contributed by atoms with Crippen molar-refractivity contribution in [3.63, 3.8) is 0 Å². The first-order chi connectivity index (χ1) is 18.7. The number of ether oxygens (including phenoxy) is 1. The minimum atomic E-state index is -0.293. The monoisotopic (exact) mass is 588 g/mol. The predicted molar refractivity (Wildman–Crippen MR) is 154 cm³/mol. The van der Waals surface area contributed by atoms with Gasteiger partial charge in [-0.2, -0.15) is 5.10 Å². The summed E-state index contributed by atoms with van der Waals surface area (Å²) in [5, 5.41) is 8.96. The summed E-state index contributed by atoms with van der Waals surface area (Å²) in [6.45, 7) is 7.00. The van der Waals surface area contributed by atoms with Crippen LogP contribution in [-0.2, 0) is 16.0 Å². The third-order valence-electron chi connectivity index (χ3n) is 6.43. The topological polar surface area (TPSA) is 105 Å². The lowest BCUT2D eigenvalue weighted by Crippen LogP contribution is -2.41. The first-order valence-electron chi connectivity index (χ1n) is 12.5. The van der Waals surface area contributed by atoms with Gasteiger partial charge >= 0.3 is 0 Å². The zero-order chi connectivity index (χ0) is 27.7. The Hall–Kier alpha value is -2.95. The Morgan fingerprint density at radius 1 is 1.10 bits per heavy atom. The fourth-order valence-electron chi connectivity index (χ4n) is 4.54. The number of morpholine rings is 1. The zero-order valence-corrected chi connectivity index (χ0v) is 23.7. The highest BCUT2D eigenvalue weighted by molar-refractivity contribution is 6.40. The summed E-state index contributed by atoms with van der Waals surface area (Å²) < 4.78 is 6.84. The van der Waals surface area contributed by atoms with Crippen LogP contribution in [0.5, 0.6) is 0 Å². The van der Waals surface area contributed by atoms with Crippen molar-refractivity contribution in [3.8, 4) is 5.69 Å². The van der Waals surface area contributed by atoms with Gasteiger partial charge in [-0.05, 0) is 35.7 Å². The van der Waals surface area contributed by atoms with E-state index >= 15 is 0 Å². The Kier molecular flexibility index (Phi) is 8.25. The van der Waals surface area contributed by atoms with Gasteiger partial charge in [0.15, 0.2) is 5.65 Å². The summed E-state index contributed by atoms with van der Waals surface area (Å²) in [6.07, 6.45) is 0.359. The Balaban J connectivity index is 1.41. The van der Waals surface area contributed by atoms with E-state index < -0.39 is 0 Å². The Bertz CT molecular complexity index is 1550. The number of rotatable bonds is 7. The lowest BCUT2D eigenvalue weighted by molar-refractivity contribution is -0.118. The molecule has 0 bridgehead atoms. The maximum Gasteiger partial charge on any atom is 0.262 e. The van der Waals surface area contributed by atoms with Crippen LogP contribution in [0.15, 0.2) is 41.2 Å². The molecule has 1 fully saturated rings. The standard InChI is InChI=1S/C27H27Cl3N6O3/c1-15(2)24-23-26(36(34-24)25-19(29)12-17(28)13-20(25)30)32-21(33-27(23)38)11-16-3-5-18(6-4-16)31-22(37)14-35-7-9-39-10-8-35/h3-6,12-13,15H,7-11,14H2,1-2H3,(H,31,37)(H,32,33,38). The van der Waals surface area contributed by atoms with Crippen molar-refractivity contribution in [2.45, 2.75) is 26.2 Å². The van der Waals surface area contributed by atoms with E-state index in [1.54, 1.807) is 12.1 Å². The quantitative estimate of drug-likeness (QED) is 0.312. The van der Waals surface area contributed by atoms with Crippen molar-refractivity contribution in [3.05, 3.63) is 78.9 Å². The molecule has 2 N–H and O–H groups in total. The van der Waals surface area contributed by atoms with Gasteiger partial charge in [0.2, 0.25) is 5.91 Å². The largest absolute Gasteiger partial charge is 0.379 e. The van der Waals surface area contributed by atoms with Crippen LogP contribution in [0.1, 0.15) is 36.8 Å². The van der Waals surface area contributed by atoms with E-state index in [1.807, 2.05) is 38.1 Å². The second-order valence-electron chi connectivity index (χ2n) is 9.69. The van der Waals surface area contributed by atoms with Crippen molar-refractivity contribution in [2.24, 2.45) is 0 Å². The molecular weight excluding hydrogens is 563 g/mol. The average molecular weight is 590 g/mol. The van der Waals surface area contributed by atoms with Crippen molar-refractivity contribution in [2.75, 3.05) is 38.2 Å². The summed E-state index contributed by atoms with van der Waals surface area (Å²) in [6, 6.07) is 10.6. The molecule has 1 aliphatic heterocycles. The summed E-state index contributed by atoms with van der Waals surface area (Å²) >= 11 is 19.1. The van der Waals surface area contributed by atoms with Crippen LogP contribution in [0.2, 0.25) is 15.1 Å². The molecule has 1 amide bonds. The van der Waals surface area contributed by atoms with Crippen LogP contribution in [0.25, 0.3) is 16.7 Å². The minimum Gasteiger partial charge on any atom is -0.379 e. The molecule has 3 heterocycles. The van der Waals surface area contributed by atoms with Gasteiger partial charge in [0.25, 0.3) is 5.56 Å². The minimum absolute atomic E-state index is 0.0432. The smallest absolute Gasteiger partial charge is 0.262 e. The van der Waals surface area contributed by atoms with Crippen LogP contribution in [0.3, 0.4) is 0 Å². The molecule has 0 spiro atoms. The van der Waals surface area contributed by atoms with E-state index in [0.29, 0.717) is 75.2 Å². The first kappa shape index (κ1) is 27.6. The van der Waals surface area contributed by atoms with Crippen LogP contribution < -0.4 is 10.9 Å². The van der Waals surface area contributed by atoms with Gasteiger partial charge in [0.05, 0.1) is 35.5 Å². The second-order valence-corrected chi connectivity index (χ2v) is 10.9. The lowest BCUT2D eigenvalue weighted by Gasteiger charge is -2.25. The number of anilines is 1. The number of hydrogen-bond donors (Lipinski definition) is 2. The van der Waals surface area contributed by atoms with E-state index in [1.165, 1.54) is 4.68 Å². The van der Waals surface area contributed by atoms with E-state index in [0.717, 1.165) is 18.7 Å². The molecule has 12 heteroatoms. The number of aromatic nitrogens is 4. The number of carbonyl (C=O) groups is 1. The summed E-state index contributed by atoms with van der Waals surface area (Å²) in [5.74, 6) is 0.336. The molecule has 5 rings (SSSR count). The van der Waals surface area contributed by atoms with Gasteiger partial charge in [-0.3, -0.25) is 14.5 Å². The van der Waals surface area contributed by atoms with Gasteiger partial charge in [-0.25, -0.2) is 9.67 Å². The third kappa shape index (κ3) is 6.13. The van der Waals surface area contributed by atoms with Crippen LogP contribution in [0, 0.1) is 0 Å². The fourth-order valence-corrected chi connectivity index (χ4v) is 5.52. The van der Waals surface area contributed by atoms with Gasteiger partial charge in [0, 0.05) is 30.2 Å². The number of carbonyl (C=O) groups excluding carboxylic acids is 1. The van der Waals surface area contributed by atoms with Crippen molar-refractivity contribution >= 4 is 57.4 Å². The number of fused-ring (bicyclic) bond motifs is 1. The molecule has 1 saturated heterocycles. The molecule has 4 aromatic rings. The van der Waals surface area contributed by atoms with Gasteiger partial charge in [-0.15, -0.1) is 0 Å². The molecule has 2 aromatic carbocycles. The molecule has 0 radical (unpaired) electrons. The van der Waals surface area contributed by atoms with Crippen molar-refractivity contribution < 1.29 is 9.53 Å². The number of hydrogen-bond acceptors (Lipinski definition) is 6. The Labute approximate surface area is 240 Å². The maximum absolute atomic E-state index is 13.2. The molecule has 9 nitrogen and oxygen atoms in total.